The van der Waals surface area contributed by atoms with Gasteiger partial charge in [0.15, 0.2) is 5.75 Å². The van der Waals surface area contributed by atoms with E-state index >= 15 is 0 Å². The van der Waals surface area contributed by atoms with Gasteiger partial charge in [0, 0.05) is 12.1 Å². The van der Waals surface area contributed by atoms with Gasteiger partial charge in [0.1, 0.15) is 10.8 Å². The van der Waals surface area contributed by atoms with Crippen molar-refractivity contribution in [2.24, 2.45) is 0 Å². The minimum atomic E-state index is -6.97. The molecule has 0 amide bonds. The number of rotatable bonds is 8. The maximum absolute atomic E-state index is 13.6. The number of hydrogen-bond donors (Lipinski definition) is 1. The first-order chi connectivity index (χ1) is 13.7. The monoisotopic (exact) mass is 506 g/mol. The number of benzene rings is 1. The zero-order valence-corrected chi connectivity index (χ0v) is 15.6. The number of sulfone groups is 1. The van der Waals surface area contributed by atoms with Crippen LogP contribution in [-0.4, -0.2) is 56.7 Å². The second kappa shape index (κ2) is 7.98. The van der Waals surface area contributed by atoms with Crippen molar-refractivity contribution < 1.29 is 63.1 Å². The molecule has 0 fully saturated rings. The predicted molar refractivity (Wildman–Crippen MR) is 81.8 cm³/mol. The summed E-state index contributed by atoms with van der Waals surface area (Å²) in [7, 11) is -10.3. The molecule has 174 valence electrons. The Balaban J connectivity index is 3.94. The number of halogens is 7. The summed E-state index contributed by atoms with van der Waals surface area (Å²) in [5, 5.41) is 24.2. The predicted octanol–water partition coefficient (Wildman–Crippen LogP) is 2.26. The van der Waals surface area contributed by atoms with Crippen molar-refractivity contribution in [3.8, 4) is 0 Å². The highest BCUT2D eigenvalue weighted by molar-refractivity contribution is 7.92. The third kappa shape index (κ3) is 4.73. The maximum atomic E-state index is 13.6. The van der Waals surface area contributed by atoms with Crippen LogP contribution in [0.2, 0.25) is 0 Å². The van der Waals surface area contributed by atoms with Crippen LogP contribution in [0.5, 0.6) is 0 Å². The smallest absolute Gasteiger partial charge is 0.461 e. The molecule has 1 aromatic carbocycles. The first-order valence-corrected chi connectivity index (χ1v) is 9.64. The lowest BCUT2D eigenvalue weighted by molar-refractivity contribution is -0.400. The van der Waals surface area contributed by atoms with Crippen LogP contribution in [0, 0.1) is 20.2 Å². The number of alkyl halides is 7. The normalized spacial score (nSPS) is 14.2. The fraction of sp³-hybridized carbons (Fsp3) is 0.364. The number of carboxylic acids is 1. The third-order valence-corrected chi connectivity index (χ3v) is 6.26. The van der Waals surface area contributed by atoms with Gasteiger partial charge in [-0.05, 0) is 0 Å². The van der Waals surface area contributed by atoms with Gasteiger partial charge in [-0.1, -0.05) is 0 Å². The third-order valence-electron chi connectivity index (χ3n) is 3.21. The van der Waals surface area contributed by atoms with E-state index in [1.165, 1.54) is 0 Å². The minimum Gasteiger partial charge on any atom is -0.480 e. The van der Waals surface area contributed by atoms with Gasteiger partial charge in [0.25, 0.3) is 11.4 Å². The SMILES string of the molecule is O=C(O)CS(=O)(=O)c1c([N+](=O)[O-])cc(S(=O)C(F)(F)C(F)(F)C(F)(F)F)cc1[N+](=O)[O-]. The molecule has 0 radical (unpaired) electrons. The molecule has 0 aliphatic heterocycles. The first-order valence-electron chi connectivity index (χ1n) is 6.84. The van der Waals surface area contributed by atoms with Crippen LogP contribution in [0.15, 0.2) is 21.9 Å². The van der Waals surface area contributed by atoms with Crippen LogP contribution in [0.4, 0.5) is 42.1 Å². The van der Waals surface area contributed by atoms with Gasteiger partial charge in [0.2, 0.25) is 14.7 Å². The van der Waals surface area contributed by atoms with Gasteiger partial charge >= 0.3 is 23.3 Å². The van der Waals surface area contributed by atoms with Crippen molar-refractivity contribution in [3.63, 3.8) is 0 Å². The molecule has 0 spiro atoms. The summed E-state index contributed by atoms with van der Waals surface area (Å²) in [5.41, 5.74) is -4.10. The van der Waals surface area contributed by atoms with E-state index in [0.717, 1.165) is 0 Å². The van der Waals surface area contributed by atoms with Crippen LogP contribution in [0.3, 0.4) is 0 Å². The molecular weight excluding hydrogens is 501 g/mol. The van der Waals surface area contributed by atoms with Gasteiger partial charge in [-0.15, -0.1) is 0 Å². The number of aliphatic carboxylic acids is 1. The van der Waals surface area contributed by atoms with Crippen LogP contribution < -0.4 is 0 Å². The highest BCUT2D eigenvalue weighted by Gasteiger charge is 2.76. The average Bonchev–Trinajstić information content (AvgIpc) is 2.57. The van der Waals surface area contributed by atoms with Crippen molar-refractivity contribution in [1.82, 2.24) is 0 Å². The van der Waals surface area contributed by atoms with E-state index in [1.807, 2.05) is 0 Å². The summed E-state index contributed by atoms with van der Waals surface area (Å²) >= 11 is 0. The highest BCUT2D eigenvalue weighted by atomic mass is 32.2. The van der Waals surface area contributed by atoms with Crippen molar-refractivity contribution in [2.75, 3.05) is 5.75 Å². The molecule has 0 saturated carbocycles. The molecule has 11 nitrogen and oxygen atoms in total. The van der Waals surface area contributed by atoms with Gasteiger partial charge < -0.3 is 5.11 Å². The fourth-order valence-electron chi connectivity index (χ4n) is 1.93. The van der Waals surface area contributed by atoms with Crippen molar-refractivity contribution in [2.45, 2.75) is 27.1 Å². The van der Waals surface area contributed by atoms with Crippen LogP contribution in [0.1, 0.15) is 0 Å². The summed E-state index contributed by atoms with van der Waals surface area (Å²) in [4.78, 5) is 25.1. The van der Waals surface area contributed by atoms with E-state index in [2.05, 4.69) is 0 Å². The molecule has 20 heteroatoms. The molecule has 0 saturated heterocycles. The van der Waals surface area contributed by atoms with Crippen molar-refractivity contribution >= 4 is 38.0 Å². The van der Waals surface area contributed by atoms with Gasteiger partial charge in [-0.2, -0.15) is 30.7 Å². The summed E-state index contributed by atoms with van der Waals surface area (Å²) < 4.78 is 126. The molecule has 0 aliphatic rings. The molecule has 1 rings (SSSR count). The Morgan fingerprint density at radius 2 is 1.39 bits per heavy atom. The lowest BCUT2D eigenvalue weighted by Crippen LogP contribution is -2.54. The largest absolute Gasteiger partial charge is 0.480 e. The molecule has 1 N–H and O–H groups in total. The first kappa shape index (κ1) is 26.1. The molecule has 0 aromatic heterocycles. The van der Waals surface area contributed by atoms with Crippen LogP contribution in [-0.2, 0) is 25.4 Å². The van der Waals surface area contributed by atoms with E-state index < -0.39 is 92.9 Å². The van der Waals surface area contributed by atoms with Gasteiger partial charge in [-0.25, -0.2) is 12.6 Å². The van der Waals surface area contributed by atoms with Crippen molar-refractivity contribution in [3.05, 3.63) is 32.4 Å². The molecule has 1 atom stereocenters. The quantitative estimate of drug-likeness (QED) is 0.315. The molecule has 31 heavy (non-hydrogen) atoms. The molecule has 1 aromatic rings. The molecule has 1 unspecified atom stereocenters. The van der Waals surface area contributed by atoms with E-state index in [1.54, 1.807) is 0 Å². The van der Waals surface area contributed by atoms with E-state index in [4.69, 9.17) is 5.11 Å². The Labute approximate surface area is 167 Å². The Bertz CT molecular complexity index is 1050. The topological polar surface area (TPSA) is 175 Å². The van der Waals surface area contributed by atoms with Crippen LogP contribution >= 0.6 is 0 Å². The van der Waals surface area contributed by atoms with Crippen LogP contribution in [0.25, 0.3) is 0 Å². The second-order valence-corrected chi connectivity index (χ2v) is 8.76. The van der Waals surface area contributed by atoms with E-state index in [0.29, 0.717) is 0 Å². The molecular formula is C11H5F7N2O9S2. The van der Waals surface area contributed by atoms with E-state index in [9.17, 15) is 68.4 Å². The Kier molecular flexibility index (Phi) is 6.73. The zero-order valence-electron chi connectivity index (χ0n) is 13.9. The lowest BCUT2D eigenvalue weighted by atomic mass is 10.3. The number of nitrogens with zero attached hydrogens (tertiary/aromatic N) is 2. The lowest BCUT2D eigenvalue weighted by Gasteiger charge is -2.27. The number of nitro benzene ring substituents is 2. The Morgan fingerprint density at radius 3 is 1.68 bits per heavy atom. The summed E-state index contributed by atoms with van der Waals surface area (Å²) in [6.45, 7) is 0. The number of carboxylic acid groups (broad SMARTS) is 1. The van der Waals surface area contributed by atoms with Gasteiger partial charge in [-0.3, -0.25) is 25.0 Å². The average molecular weight is 506 g/mol. The fourth-order valence-corrected chi connectivity index (χ4v) is 4.39. The van der Waals surface area contributed by atoms with Gasteiger partial charge in [0.05, 0.1) is 14.7 Å². The molecule has 0 aliphatic carbocycles. The number of hydrogen-bond acceptors (Lipinski definition) is 8. The standard InChI is InChI=1S/C11H5F7N2O9S2/c12-9(13,10(14,15)16)11(17,18)30(27)4-1-5(19(23)24)8(6(2-4)20(25)26)31(28,29)3-7(21)22/h1-2H,3H2,(H,21,22). The number of carbonyl (C=O) groups is 1. The molecule has 0 heterocycles. The summed E-state index contributed by atoms with van der Waals surface area (Å²) in [6.07, 6.45) is -6.96. The minimum absolute atomic E-state index is 0.474. The Morgan fingerprint density at radius 1 is 1.00 bits per heavy atom. The van der Waals surface area contributed by atoms with Crippen molar-refractivity contribution in [1.29, 1.82) is 0 Å². The maximum Gasteiger partial charge on any atom is 0.461 e. The zero-order chi connectivity index (χ0) is 24.7. The second-order valence-electron chi connectivity index (χ2n) is 5.32. The highest BCUT2D eigenvalue weighted by Crippen LogP contribution is 2.50. The Hall–Kier alpha value is -2.90. The summed E-state index contributed by atoms with van der Waals surface area (Å²) in [6, 6.07) is -0.948. The van der Waals surface area contributed by atoms with E-state index in [-0.39, 0.29) is 0 Å². The number of nitro groups is 2. The summed E-state index contributed by atoms with van der Waals surface area (Å²) in [5.74, 6) is -11.1. The molecule has 0 bridgehead atoms.